The highest BCUT2D eigenvalue weighted by Crippen LogP contribution is 2.24. The Morgan fingerprint density at radius 2 is 2.19 bits per heavy atom. The SMILES string of the molecule is CCC(Cl)c1cnn(CCCC(F)(F)F)c1. The number of alkyl halides is 4. The predicted molar refractivity (Wildman–Crippen MR) is 56.4 cm³/mol. The van der Waals surface area contributed by atoms with Gasteiger partial charge in [0, 0.05) is 24.7 Å². The summed E-state index contributed by atoms with van der Waals surface area (Å²) in [5, 5.41) is 3.86. The Morgan fingerprint density at radius 1 is 1.50 bits per heavy atom. The molecule has 0 bridgehead atoms. The Morgan fingerprint density at radius 3 is 2.75 bits per heavy atom. The van der Waals surface area contributed by atoms with E-state index in [4.69, 9.17) is 11.6 Å². The lowest BCUT2D eigenvalue weighted by Crippen LogP contribution is -2.09. The molecule has 1 atom stereocenters. The summed E-state index contributed by atoms with van der Waals surface area (Å²) in [6.07, 6.45) is -0.736. The summed E-state index contributed by atoms with van der Waals surface area (Å²) in [6.45, 7) is 2.21. The zero-order valence-electron chi connectivity index (χ0n) is 8.97. The number of aryl methyl sites for hydroxylation is 1. The Kier molecular flexibility index (Phi) is 4.65. The second-order valence-corrected chi connectivity index (χ2v) is 4.16. The average molecular weight is 255 g/mol. The highest BCUT2D eigenvalue weighted by Gasteiger charge is 2.26. The summed E-state index contributed by atoms with van der Waals surface area (Å²) in [5.74, 6) is 0. The zero-order valence-corrected chi connectivity index (χ0v) is 9.72. The highest BCUT2D eigenvalue weighted by molar-refractivity contribution is 6.20. The van der Waals surface area contributed by atoms with Gasteiger partial charge in [-0.3, -0.25) is 4.68 Å². The molecule has 1 heterocycles. The molecule has 0 aromatic carbocycles. The molecule has 0 saturated carbocycles. The van der Waals surface area contributed by atoms with E-state index in [0.717, 1.165) is 12.0 Å². The summed E-state index contributed by atoms with van der Waals surface area (Å²) in [5.41, 5.74) is 0.858. The van der Waals surface area contributed by atoms with Gasteiger partial charge >= 0.3 is 6.18 Å². The lowest BCUT2D eigenvalue weighted by molar-refractivity contribution is -0.136. The van der Waals surface area contributed by atoms with Gasteiger partial charge in [0.2, 0.25) is 0 Å². The van der Waals surface area contributed by atoms with Crippen molar-refractivity contribution in [3.05, 3.63) is 18.0 Å². The van der Waals surface area contributed by atoms with E-state index >= 15 is 0 Å². The fourth-order valence-electron chi connectivity index (χ4n) is 1.34. The van der Waals surface area contributed by atoms with E-state index in [1.54, 1.807) is 12.4 Å². The second-order valence-electron chi connectivity index (χ2n) is 3.63. The smallest absolute Gasteiger partial charge is 0.272 e. The molecule has 0 fully saturated rings. The highest BCUT2D eigenvalue weighted by atomic mass is 35.5. The molecular formula is C10H14ClF3N2. The molecule has 0 amide bonds. The summed E-state index contributed by atoms with van der Waals surface area (Å²) in [6, 6.07) is 0. The number of aromatic nitrogens is 2. The minimum absolute atomic E-state index is 0.0453. The molecule has 0 aliphatic carbocycles. The van der Waals surface area contributed by atoms with Gasteiger partial charge in [-0.25, -0.2) is 0 Å². The van der Waals surface area contributed by atoms with Gasteiger partial charge in [0.15, 0.2) is 0 Å². The first kappa shape index (κ1) is 13.4. The van der Waals surface area contributed by atoms with E-state index in [2.05, 4.69) is 5.10 Å². The molecule has 6 heteroatoms. The van der Waals surface area contributed by atoms with Crippen LogP contribution in [0.15, 0.2) is 12.4 Å². The molecule has 0 saturated heterocycles. The molecule has 0 aliphatic heterocycles. The van der Waals surface area contributed by atoms with Gasteiger partial charge in [0.05, 0.1) is 11.6 Å². The average Bonchev–Trinajstić information content (AvgIpc) is 2.63. The van der Waals surface area contributed by atoms with Crippen LogP contribution >= 0.6 is 11.6 Å². The molecule has 1 aromatic rings. The molecule has 0 radical (unpaired) electrons. The van der Waals surface area contributed by atoms with Gasteiger partial charge in [-0.2, -0.15) is 18.3 Å². The number of nitrogens with zero attached hydrogens (tertiary/aromatic N) is 2. The van der Waals surface area contributed by atoms with Crippen molar-refractivity contribution in [2.45, 2.75) is 44.3 Å². The quantitative estimate of drug-likeness (QED) is 0.729. The van der Waals surface area contributed by atoms with Crippen molar-refractivity contribution in [2.75, 3.05) is 0 Å². The summed E-state index contributed by atoms with van der Waals surface area (Å²) in [4.78, 5) is 0. The van der Waals surface area contributed by atoms with Crippen LogP contribution in [0, 0.1) is 0 Å². The van der Waals surface area contributed by atoms with E-state index in [0.29, 0.717) is 0 Å². The maximum Gasteiger partial charge on any atom is 0.389 e. The van der Waals surface area contributed by atoms with Crippen LogP contribution in [0.4, 0.5) is 13.2 Å². The molecule has 0 aliphatic rings. The molecule has 92 valence electrons. The van der Waals surface area contributed by atoms with Crippen molar-refractivity contribution in [1.29, 1.82) is 0 Å². The molecule has 0 spiro atoms. The molecule has 0 N–H and O–H groups in total. The van der Waals surface area contributed by atoms with Crippen molar-refractivity contribution in [3.63, 3.8) is 0 Å². The third kappa shape index (κ3) is 4.43. The van der Waals surface area contributed by atoms with Crippen molar-refractivity contribution in [3.8, 4) is 0 Å². The first-order valence-corrected chi connectivity index (χ1v) is 5.59. The van der Waals surface area contributed by atoms with Gasteiger partial charge in [-0.05, 0) is 12.8 Å². The van der Waals surface area contributed by atoms with Crippen LogP contribution in [-0.2, 0) is 6.54 Å². The summed E-state index contributed by atoms with van der Waals surface area (Å²) < 4.78 is 37.2. The van der Waals surface area contributed by atoms with Crippen LogP contribution in [0.2, 0.25) is 0 Å². The van der Waals surface area contributed by atoms with E-state index in [9.17, 15) is 13.2 Å². The fraction of sp³-hybridized carbons (Fsp3) is 0.700. The summed E-state index contributed by atoms with van der Waals surface area (Å²) >= 11 is 5.98. The van der Waals surface area contributed by atoms with E-state index < -0.39 is 12.6 Å². The minimum atomic E-state index is -4.09. The van der Waals surface area contributed by atoms with Crippen molar-refractivity contribution >= 4 is 11.6 Å². The van der Waals surface area contributed by atoms with Gasteiger partial charge in [-0.15, -0.1) is 11.6 Å². The van der Waals surface area contributed by atoms with Gasteiger partial charge in [0.1, 0.15) is 0 Å². The van der Waals surface area contributed by atoms with Gasteiger partial charge < -0.3 is 0 Å². The van der Waals surface area contributed by atoms with Gasteiger partial charge in [-0.1, -0.05) is 6.92 Å². The van der Waals surface area contributed by atoms with Crippen molar-refractivity contribution < 1.29 is 13.2 Å². The molecule has 2 nitrogen and oxygen atoms in total. The lowest BCUT2D eigenvalue weighted by Gasteiger charge is -2.05. The van der Waals surface area contributed by atoms with Gasteiger partial charge in [0.25, 0.3) is 0 Å². The van der Waals surface area contributed by atoms with Crippen LogP contribution in [0.3, 0.4) is 0 Å². The second kappa shape index (κ2) is 5.57. The maximum absolute atomic E-state index is 11.9. The van der Waals surface area contributed by atoms with Crippen LogP contribution in [0.25, 0.3) is 0 Å². The Hall–Kier alpha value is -0.710. The first-order valence-electron chi connectivity index (χ1n) is 5.15. The van der Waals surface area contributed by atoms with E-state index in [1.807, 2.05) is 6.92 Å². The predicted octanol–water partition coefficient (Wildman–Crippen LogP) is 3.92. The largest absolute Gasteiger partial charge is 0.389 e. The normalized spacial score (nSPS) is 14.1. The molecular weight excluding hydrogens is 241 g/mol. The van der Waals surface area contributed by atoms with E-state index in [1.165, 1.54) is 4.68 Å². The Labute approximate surface area is 97.4 Å². The first-order chi connectivity index (χ1) is 7.42. The maximum atomic E-state index is 11.9. The standard InChI is InChI=1S/C10H14ClF3N2/c1-2-9(11)8-6-15-16(7-8)5-3-4-10(12,13)14/h6-7,9H,2-5H2,1H3. The van der Waals surface area contributed by atoms with Crippen molar-refractivity contribution in [1.82, 2.24) is 9.78 Å². The number of hydrogen-bond acceptors (Lipinski definition) is 1. The monoisotopic (exact) mass is 254 g/mol. The molecule has 16 heavy (non-hydrogen) atoms. The lowest BCUT2D eigenvalue weighted by atomic mass is 10.2. The number of rotatable bonds is 5. The summed E-state index contributed by atoms with van der Waals surface area (Å²) in [7, 11) is 0. The molecule has 1 unspecified atom stereocenters. The zero-order chi connectivity index (χ0) is 12.2. The molecule has 1 aromatic heterocycles. The minimum Gasteiger partial charge on any atom is -0.272 e. The number of halogens is 4. The van der Waals surface area contributed by atoms with Crippen LogP contribution in [0.1, 0.15) is 37.1 Å². The van der Waals surface area contributed by atoms with E-state index in [-0.39, 0.29) is 18.3 Å². The molecule has 1 rings (SSSR count). The Balaban J connectivity index is 2.41. The van der Waals surface area contributed by atoms with Crippen molar-refractivity contribution in [2.24, 2.45) is 0 Å². The van der Waals surface area contributed by atoms with Crippen LogP contribution < -0.4 is 0 Å². The fourth-order valence-corrected chi connectivity index (χ4v) is 1.45. The third-order valence-corrected chi connectivity index (χ3v) is 2.78. The van der Waals surface area contributed by atoms with Crippen LogP contribution in [0.5, 0.6) is 0 Å². The Bertz CT molecular complexity index is 322. The third-order valence-electron chi connectivity index (χ3n) is 2.22. The van der Waals surface area contributed by atoms with Crippen LogP contribution in [-0.4, -0.2) is 16.0 Å². The number of hydrogen-bond donors (Lipinski definition) is 0. The topological polar surface area (TPSA) is 17.8 Å².